The van der Waals surface area contributed by atoms with Crippen molar-refractivity contribution in [1.82, 2.24) is 0 Å². The Balaban J connectivity index is 2.21. The van der Waals surface area contributed by atoms with Gasteiger partial charge < -0.3 is 19.9 Å². The second kappa shape index (κ2) is 7.71. The summed E-state index contributed by atoms with van der Waals surface area (Å²) < 4.78 is 15.8. The lowest BCUT2D eigenvalue weighted by Crippen LogP contribution is -2.15. The van der Waals surface area contributed by atoms with Crippen LogP contribution in [0.15, 0.2) is 42.5 Å². The zero-order chi connectivity index (χ0) is 15.9. The molecule has 0 radical (unpaired) electrons. The predicted molar refractivity (Wildman–Crippen MR) is 88.0 cm³/mol. The molecule has 4 heteroatoms. The molecule has 0 aliphatic heterocycles. The molecule has 2 rings (SSSR count). The number of benzene rings is 2. The number of ether oxygens (including phenoxy) is 3. The summed E-state index contributed by atoms with van der Waals surface area (Å²) in [5, 5.41) is 0. The quantitative estimate of drug-likeness (QED) is 0.854. The van der Waals surface area contributed by atoms with Crippen LogP contribution in [0.1, 0.15) is 17.0 Å². The monoisotopic (exact) mass is 301 g/mol. The summed E-state index contributed by atoms with van der Waals surface area (Å²) in [5.74, 6) is 2.67. The molecule has 1 atom stereocenters. The summed E-state index contributed by atoms with van der Waals surface area (Å²) in [6, 6.07) is 14.0. The third kappa shape index (κ3) is 3.92. The predicted octanol–water partition coefficient (Wildman–Crippen LogP) is 3.00. The van der Waals surface area contributed by atoms with E-state index in [4.69, 9.17) is 19.9 Å². The van der Waals surface area contributed by atoms with Gasteiger partial charge in [-0.1, -0.05) is 12.1 Å². The first-order chi connectivity index (χ1) is 10.7. The third-order valence-electron chi connectivity index (χ3n) is 3.77. The maximum Gasteiger partial charge on any atom is 0.122 e. The summed E-state index contributed by atoms with van der Waals surface area (Å²) in [6.45, 7) is 0.575. The van der Waals surface area contributed by atoms with E-state index in [0.29, 0.717) is 6.54 Å². The first-order valence-corrected chi connectivity index (χ1v) is 7.26. The van der Waals surface area contributed by atoms with Crippen LogP contribution in [0.4, 0.5) is 0 Å². The van der Waals surface area contributed by atoms with Crippen molar-refractivity contribution < 1.29 is 14.2 Å². The van der Waals surface area contributed by atoms with E-state index >= 15 is 0 Å². The molecule has 0 amide bonds. The molecule has 2 aromatic carbocycles. The fraction of sp³-hybridized carbons (Fsp3) is 0.333. The van der Waals surface area contributed by atoms with E-state index in [-0.39, 0.29) is 5.92 Å². The second-order valence-electron chi connectivity index (χ2n) is 5.13. The average molecular weight is 301 g/mol. The van der Waals surface area contributed by atoms with Crippen molar-refractivity contribution >= 4 is 0 Å². The smallest absolute Gasteiger partial charge is 0.122 e. The highest BCUT2D eigenvalue weighted by Gasteiger charge is 2.12. The van der Waals surface area contributed by atoms with Gasteiger partial charge in [-0.15, -0.1) is 0 Å². The van der Waals surface area contributed by atoms with Gasteiger partial charge in [0.15, 0.2) is 0 Å². The molecule has 0 spiro atoms. The Bertz CT molecular complexity index is 574. The van der Waals surface area contributed by atoms with Gasteiger partial charge in [0.2, 0.25) is 0 Å². The van der Waals surface area contributed by atoms with Gasteiger partial charge in [-0.05, 0) is 48.4 Å². The Kier molecular flexibility index (Phi) is 5.67. The highest BCUT2D eigenvalue weighted by Crippen LogP contribution is 2.27. The molecule has 1 unspecified atom stereocenters. The minimum atomic E-state index is 0.239. The van der Waals surface area contributed by atoms with Crippen LogP contribution in [0.5, 0.6) is 17.2 Å². The van der Waals surface area contributed by atoms with Crippen molar-refractivity contribution in [1.29, 1.82) is 0 Å². The molecule has 2 aromatic rings. The van der Waals surface area contributed by atoms with Crippen molar-refractivity contribution in [3.05, 3.63) is 53.6 Å². The van der Waals surface area contributed by atoms with E-state index in [1.54, 1.807) is 21.3 Å². The first kappa shape index (κ1) is 16.2. The lowest BCUT2D eigenvalue weighted by Gasteiger charge is -2.17. The summed E-state index contributed by atoms with van der Waals surface area (Å²) in [6.07, 6.45) is 0.830. The molecular formula is C18H23NO3. The molecule has 0 aliphatic carbocycles. The van der Waals surface area contributed by atoms with E-state index in [1.165, 1.54) is 5.56 Å². The van der Waals surface area contributed by atoms with Crippen LogP contribution in [0.25, 0.3) is 0 Å². The maximum atomic E-state index is 5.97. The molecular weight excluding hydrogens is 278 g/mol. The number of rotatable bonds is 7. The fourth-order valence-corrected chi connectivity index (χ4v) is 2.48. The number of nitrogens with two attached hydrogens (primary N) is 1. The number of hydrogen-bond acceptors (Lipinski definition) is 4. The molecule has 0 aromatic heterocycles. The topological polar surface area (TPSA) is 53.7 Å². The molecule has 4 nitrogen and oxygen atoms in total. The second-order valence-corrected chi connectivity index (χ2v) is 5.13. The van der Waals surface area contributed by atoms with Crippen LogP contribution in [0.2, 0.25) is 0 Å². The minimum absolute atomic E-state index is 0.239. The van der Waals surface area contributed by atoms with E-state index < -0.39 is 0 Å². The van der Waals surface area contributed by atoms with Gasteiger partial charge in [-0.2, -0.15) is 0 Å². The highest BCUT2D eigenvalue weighted by atomic mass is 16.5. The van der Waals surface area contributed by atoms with Crippen molar-refractivity contribution in [3.8, 4) is 17.2 Å². The number of methoxy groups -OCH3 is 3. The van der Waals surface area contributed by atoms with Gasteiger partial charge in [0.05, 0.1) is 21.3 Å². The van der Waals surface area contributed by atoms with Gasteiger partial charge in [0.1, 0.15) is 17.2 Å². The van der Waals surface area contributed by atoms with E-state index in [2.05, 4.69) is 12.1 Å². The molecule has 0 fully saturated rings. The third-order valence-corrected chi connectivity index (χ3v) is 3.77. The fourth-order valence-electron chi connectivity index (χ4n) is 2.48. The van der Waals surface area contributed by atoms with Crippen LogP contribution < -0.4 is 19.9 Å². The van der Waals surface area contributed by atoms with Crippen molar-refractivity contribution in [2.75, 3.05) is 27.9 Å². The Morgan fingerprint density at radius 2 is 1.36 bits per heavy atom. The molecule has 0 saturated carbocycles. The molecule has 0 aliphatic rings. The zero-order valence-corrected chi connectivity index (χ0v) is 13.3. The number of hydrogen-bond donors (Lipinski definition) is 1. The lowest BCUT2D eigenvalue weighted by atomic mass is 9.92. The summed E-state index contributed by atoms with van der Waals surface area (Å²) in [5.41, 5.74) is 8.31. The maximum absolute atomic E-state index is 5.97. The molecule has 0 bridgehead atoms. The molecule has 22 heavy (non-hydrogen) atoms. The largest absolute Gasteiger partial charge is 0.497 e. The Hall–Kier alpha value is -2.20. The Labute approximate surface area is 131 Å². The SMILES string of the molecule is COc1ccc(C(CN)Cc2cc(OC)cc(OC)c2)cc1. The van der Waals surface area contributed by atoms with Crippen LogP contribution in [-0.4, -0.2) is 27.9 Å². The van der Waals surface area contributed by atoms with Gasteiger partial charge in [-0.25, -0.2) is 0 Å². The molecule has 0 saturated heterocycles. The van der Waals surface area contributed by atoms with Gasteiger partial charge in [0.25, 0.3) is 0 Å². The summed E-state index contributed by atoms with van der Waals surface area (Å²) >= 11 is 0. The van der Waals surface area contributed by atoms with E-state index in [1.807, 2.05) is 30.3 Å². The van der Waals surface area contributed by atoms with Crippen LogP contribution >= 0.6 is 0 Å². The Morgan fingerprint density at radius 1 is 0.818 bits per heavy atom. The minimum Gasteiger partial charge on any atom is -0.497 e. The van der Waals surface area contributed by atoms with Gasteiger partial charge >= 0.3 is 0 Å². The molecule has 2 N–H and O–H groups in total. The summed E-state index contributed by atoms with van der Waals surface area (Å²) in [7, 11) is 4.98. The van der Waals surface area contributed by atoms with Gasteiger partial charge in [0, 0.05) is 12.0 Å². The zero-order valence-electron chi connectivity index (χ0n) is 13.3. The molecule has 118 valence electrons. The van der Waals surface area contributed by atoms with E-state index in [0.717, 1.165) is 29.2 Å². The van der Waals surface area contributed by atoms with Gasteiger partial charge in [-0.3, -0.25) is 0 Å². The van der Waals surface area contributed by atoms with Crippen LogP contribution in [0.3, 0.4) is 0 Å². The van der Waals surface area contributed by atoms with Crippen LogP contribution in [0, 0.1) is 0 Å². The van der Waals surface area contributed by atoms with Crippen molar-refractivity contribution in [3.63, 3.8) is 0 Å². The highest BCUT2D eigenvalue weighted by molar-refractivity contribution is 5.40. The average Bonchev–Trinajstić information content (AvgIpc) is 2.59. The van der Waals surface area contributed by atoms with Crippen LogP contribution in [-0.2, 0) is 6.42 Å². The Morgan fingerprint density at radius 3 is 1.82 bits per heavy atom. The lowest BCUT2D eigenvalue weighted by molar-refractivity contribution is 0.393. The first-order valence-electron chi connectivity index (χ1n) is 7.26. The van der Waals surface area contributed by atoms with Crippen molar-refractivity contribution in [2.45, 2.75) is 12.3 Å². The molecule has 0 heterocycles. The van der Waals surface area contributed by atoms with E-state index in [9.17, 15) is 0 Å². The standard InChI is InChI=1S/C18H23NO3/c1-20-16-6-4-14(5-7-16)15(12-19)8-13-9-17(21-2)11-18(10-13)22-3/h4-7,9-11,15H,8,12,19H2,1-3H3. The van der Waals surface area contributed by atoms with Crippen molar-refractivity contribution in [2.24, 2.45) is 5.73 Å². The summed E-state index contributed by atoms with van der Waals surface area (Å²) in [4.78, 5) is 0. The normalized spacial score (nSPS) is 11.8.